The van der Waals surface area contributed by atoms with Crippen LogP contribution in [0, 0.1) is 6.92 Å². The molecule has 3 N–H and O–H groups in total. The van der Waals surface area contributed by atoms with Gasteiger partial charge in [0.15, 0.2) is 0 Å². The van der Waals surface area contributed by atoms with E-state index in [-0.39, 0.29) is 17.9 Å². The van der Waals surface area contributed by atoms with Crippen LogP contribution in [0.3, 0.4) is 0 Å². The van der Waals surface area contributed by atoms with E-state index in [0.717, 1.165) is 16.9 Å². The molecule has 2 aromatic rings. The highest BCUT2D eigenvalue weighted by Crippen LogP contribution is 2.41. The van der Waals surface area contributed by atoms with Crippen molar-refractivity contribution in [1.82, 2.24) is 0 Å². The molecule has 0 aliphatic carbocycles. The smallest absolute Gasteiger partial charge is 0.134 e. The molecule has 104 valence electrons. The molecule has 0 fully saturated rings. The van der Waals surface area contributed by atoms with E-state index in [2.05, 4.69) is 6.07 Å². The van der Waals surface area contributed by atoms with Crippen LogP contribution < -0.4 is 10.5 Å². The quantitative estimate of drug-likeness (QED) is 0.838. The van der Waals surface area contributed by atoms with E-state index in [1.807, 2.05) is 25.1 Å². The Morgan fingerprint density at radius 3 is 2.80 bits per heavy atom. The second kappa shape index (κ2) is 5.00. The topological polar surface area (TPSA) is 55.5 Å². The molecule has 0 bridgehead atoms. The van der Waals surface area contributed by atoms with Gasteiger partial charge in [-0.05, 0) is 30.7 Å². The molecule has 0 spiro atoms. The molecular weight excluding hydrogens is 274 g/mol. The molecule has 0 saturated carbocycles. The van der Waals surface area contributed by atoms with Gasteiger partial charge < -0.3 is 15.6 Å². The van der Waals surface area contributed by atoms with Crippen molar-refractivity contribution < 1.29 is 9.84 Å². The zero-order valence-corrected chi connectivity index (χ0v) is 11.9. The van der Waals surface area contributed by atoms with Crippen molar-refractivity contribution in [3.63, 3.8) is 0 Å². The van der Waals surface area contributed by atoms with Crippen LogP contribution in [0.1, 0.15) is 35.3 Å². The summed E-state index contributed by atoms with van der Waals surface area (Å²) in [4.78, 5) is 0. The first-order chi connectivity index (χ1) is 9.54. The standard InChI is InChI=1S/C16H16ClNO2/c1-9-2-5-15-11(6-9)13(18)8-16(20-15)10-3-4-14(19)12(17)7-10/h2-7,13,16,19H,8,18H2,1H3. The first-order valence-corrected chi connectivity index (χ1v) is 6.93. The minimum atomic E-state index is -0.140. The van der Waals surface area contributed by atoms with Crippen molar-refractivity contribution in [1.29, 1.82) is 0 Å². The van der Waals surface area contributed by atoms with Crippen molar-refractivity contribution in [3.05, 3.63) is 58.1 Å². The number of benzene rings is 2. The number of halogens is 1. The molecule has 1 aliphatic heterocycles. The number of phenolic OH excluding ortho intramolecular Hbond substituents is 1. The minimum Gasteiger partial charge on any atom is -0.506 e. The van der Waals surface area contributed by atoms with E-state index in [4.69, 9.17) is 22.1 Å². The summed E-state index contributed by atoms with van der Waals surface area (Å²) < 4.78 is 6.02. The zero-order chi connectivity index (χ0) is 14.3. The van der Waals surface area contributed by atoms with Crippen molar-refractivity contribution in [2.24, 2.45) is 5.73 Å². The van der Waals surface area contributed by atoms with Crippen molar-refractivity contribution in [3.8, 4) is 11.5 Å². The Balaban J connectivity index is 1.94. The lowest BCUT2D eigenvalue weighted by Crippen LogP contribution is -2.24. The second-order valence-corrected chi connectivity index (χ2v) is 5.61. The third kappa shape index (κ3) is 2.35. The predicted octanol–water partition coefficient (Wildman–Crippen LogP) is 3.88. The molecule has 3 nitrogen and oxygen atoms in total. The highest BCUT2D eigenvalue weighted by Gasteiger charge is 2.27. The number of nitrogens with two attached hydrogens (primary N) is 1. The lowest BCUT2D eigenvalue weighted by atomic mass is 9.92. The van der Waals surface area contributed by atoms with Gasteiger partial charge in [-0.15, -0.1) is 0 Å². The molecule has 0 radical (unpaired) electrons. The highest BCUT2D eigenvalue weighted by atomic mass is 35.5. The van der Waals surface area contributed by atoms with Crippen LogP contribution in [0.5, 0.6) is 11.5 Å². The summed E-state index contributed by atoms with van der Waals surface area (Å²) in [6.07, 6.45) is 0.552. The number of fused-ring (bicyclic) bond motifs is 1. The normalized spacial score (nSPS) is 21.1. The Morgan fingerprint density at radius 2 is 2.05 bits per heavy atom. The highest BCUT2D eigenvalue weighted by molar-refractivity contribution is 6.32. The molecule has 2 atom stereocenters. The van der Waals surface area contributed by atoms with E-state index in [0.29, 0.717) is 11.4 Å². The lowest BCUT2D eigenvalue weighted by molar-refractivity contribution is 0.161. The van der Waals surface area contributed by atoms with Crippen LogP contribution in [0.15, 0.2) is 36.4 Å². The fourth-order valence-corrected chi connectivity index (χ4v) is 2.74. The molecule has 0 saturated heterocycles. The number of ether oxygens (including phenoxy) is 1. The SMILES string of the molecule is Cc1ccc2c(c1)C(N)CC(c1ccc(O)c(Cl)c1)O2. The van der Waals surface area contributed by atoms with Gasteiger partial charge >= 0.3 is 0 Å². The Hall–Kier alpha value is -1.71. The molecule has 1 heterocycles. The number of rotatable bonds is 1. The van der Waals surface area contributed by atoms with Gasteiger partial charge in [0, 0.05) is 18.0 Å². The van der Waals surface area contributed by atoms with Crippen LogP contribution in [0.4, 0.5) is 0 Å². The van der Waals surface area contributed by atoms with Crippen LogP contribution in [0.25, 0.3) is 0 Å². The number of aromatic hydroxyl groups is 1. The Bertz CT molecular complexity index is 657. The third-order valence-electron chi connectivity index (χ3n) is 3.65. The average molecular weight is 290 g/mol. The maximum absolute atomic E-state index is 9.48. The number of aryl methyl sites for hydroxylation is 1. The number of hydrogen-bond donors (Lipinski definition) is 2. The van der Waals surface area contributed by atoms with E-state index in [1.165, 1.54) is 5.56 Å². The van der Waals surface area contributed by atoms with E-state index < -0.39 is 0 Å². The van der Waals surface area contributed by atoms with Gasteiger partial charge in [0.25, 0.3) is 0 Å². The summed E-state index contributed by atoms with van der Waals surface area (Å²) in [5.41, 5.74) is 9.40. The Labute approximate surface area is 122 Å². The number of hydrogen-bond acceptors (Lipinski definition) is 3. The largest absolute Gasteiger partial charge is 0.506 e. The van der Waals surface area contributed by atoms with Crippen molar-refractivity contribution in [2.45, 2.75) is 25.5 Å². The molecular formula is C16H16ClNO2. The summed E-state index contributed by atoms with van der Waals surface area (Å²) >= 11 is 5.95. The minimum absolute atomic E-state index is 0.0590. The van der Waals surface area contributed by atoms with Gasteiger partial charge in [-0.25, -0.2) is 0 Å². The molecule has 1 aliphatic rings. The van der Waals surface area contributed by atoms with Crippen LogP contribution in [-0.2, 0) is 0 Å². The summed E-state index contributed by atoms with van der Waals surface area (Å²) in [6, 6.07) is 11.1. The van der Waals surface area contributed by atoms with Gasteiger partial charge in [-0.3, -0.25) is 0 Å². The Kier molecular flexibility index (Phi) is 3.32. The fourth-order valence-electron chi connectivity index (χ4n) is 2.55. The van der Waals surface area contributed by atoms with Crippen molar-refractivity contribution >= 4 is 11.6 Å². The van der Waals surface area contributed by atoms with E-state index in [1.54, 1.807) is 12.1 Å². The van der Waals surface area contributed by atoms with Crippen LogP contribution in [-0.4, -0.2) is 5.11 Å². The van der Waals surface area contributed by atoms with Crippen LogP contribution >= 0.6 is 11.6 Å². The monoisotopic (exact) mass is 289 g/mol. The summed E-state index contributed by atoms with van der Waals surface area (Å²) in [7, 11) is 0. The maximum Gasteiger partial charge on any atom is 0.134 e. The molecule has 4 heteroatoms. The van der Waals surface area contributed by atoms with Crippen molar-refractivity contribution in [2.75, 3.05) is 0 Å². The molecule has 3 rings (SSSR count). The van der Waals surface area contributed by atoms with Gasteiger partial charge in [0.2, 0.25) is 0 Å². The first-order valence-electron chi connectivity index (χ1n) is 6.56. The lowest BCUT2D eigenvalue weighted by Gasteiger charge is -2.31. The third-order valence-corrected chi connectivity index (χ3v) is 3.95. The predicted molar refractivity (Wildman–Crippen MR) is 79.2 cm³/mol. The maximum atomic E-state index is 9.48. The zero-order valence-electron chi connectivity index (χ0n) is 11.1. The van der Waals surface area contributed by atoms with Gasteiger partial charge in [-0.2, -0.15) is 0 Å². The number of phenols is 1. The average Bonchev–Trinajstić information content (AvgIpc) is 2.42. The van der Waals surface area contributed by atoms with E-state index >= 15 is 0 Å². The van der Waals surface area contributed by atoms with Gasteiger partial charge in [0.1, 0.15) is 17.6 Å². The first kappa shape index (κ1) is 13.3. The summed E-state index contributed by atoms with van der Waals surface area (Å²) in [6.45, 7) is 2.04. The molecule has 0 amide bonds. The van der Waals surface area contributed by atoms with Gasteiger partial charge in [-0.1, -0.05) is 35.4 Å². The van der Waals surface area contributed by atoms with E-state index in [9.17, 15) is 5.11 Å². The Morgan fingerprint density at radius 1 is 1.25 bits per heavy atom. The molecule has 2 aromatic carbocycles. The fraction of sp³-hybridized carbons (Fsp3) is 0.250. The molecule has 20 heavy (non-hydrogen) atoms. The molecule has 0 aromatic heterocycles. The van der Waals surface area contributed by atoms with Crippen LogP contribution in [0.2, 0.25) is 5.02 Å². The summed E-state index contributed by atoms with van der Waals surface area (Å²) in [5.74, 6) is 0.898. The summed E-state index contributed by atoms with van der Waals surface area (Å²) in [5, 5.41) is 9.81. The molecule has 2 unspecified atom stereocenters. The van der Waals surface area contributed by atoms with Gasteiger partial charge in [0.05, 0.1) is 5.02 Å². The second-order valence-electron chi connectivity index (χ2n) is 5.20.